The summed E-state index contributed by atoms with van der Waals surface area (Å²) in [6, 6.07) is 5.10. The standard InChI is InChI=1S/C11H10F3NO/c1-7-2-3-9-8(6-7)4-5-15(9)10(16)11(12,13)14/h2-3,6H,4-5H2,1H3. The van der Waals surface area contributed by atoms with E-state index in [4.69, 9.17) is 0 Å². The molecule has 0 radical (unpaired) electrons. The number of hydrogen-bond donors (Lipinski definition) is 0. The van der Waals surface area contributed by atoms with Gasteiger partial charge >= 0.3 is 12.1 Å². The van der Waals surface area contributed by atoms with Crippen molar-refractivity contribution in [2.45, 2.75) is 19.5 Å². The number of fused-ring (bicyclic) bond motifs is 1. The molecule has 16 heavy (non-hydrogen) atoms. The van der Waals surface area contributed by atoms with Gasteiger partial charge in [-0.15, -0.1) is 0 Å². The maximum atomic E-state index is 12.3. The van der Waals surface area contributed by atoms with Crippen molar-refractivity contribution in [1.82, 2.24) is 0 Å². The zero-order valence-corrected chi connectivity index (χ0v) is 8.64. The predicted molar refractivity (Wildman–Crippen MR) is 53.3 cm³/mol. The largest absolute Gasteiger partial charge is 0.471 e. The van der Waals surface area contributed by atoms with Gasteiger partial charge in [-0.2, -0.15) is 13.2 Å². The molecule has 1 aromatic rings. The van der Waals surface area contributed by atoms with Crippen molar-refractivity contribution in [1.29, 1.82) is 0 Å². The molecule has 2 nitrogen and oxygen atoms in total. The first-order chi connectivity index (χ1) is 7.39. The molecule has 2 rings (SSSR count). The highest BCUT2D eigenvalue weighted by atomic mass is 19.4. The minimum Gasteiger partial charge on any atom is -0.304 e. The summed E-state index contributed by atoms with van der Waals surface area (Å²) >= 11 is 0. The summed E-state index contributed by atoms with van der Waals surface area (Å²) in [5.74, 6) is -1.78. The van der Waals surface area contributed by atoms with Crippen molar-refractivity contribution < 1.29 is 18.0 Å². The number of benzene rings is 1. The number of carbonyl (C=O) groups is 1. The Kier molecular flexibility index (Phi) is 2.40. The van der Waals surface area contributed by atoms with E-state index in [0.29, 0.717) is 12.1 Å². The van der Waals surface area contributed by atoms with Gasteiger partial charge in [0, 0.05) is 12.2 Å². The third-order valence-corrected chi connectivity index (χ3v) is 2.62. The van der Waals surface area contributed by atoms with Crippen LogP contribution in [-0.4, -0.2) is 18.6 Å². The fourth-order valence-corrected chi connectivity index (χ4v) is 1.89. The average Bonchev–Trinajstić information content (AvgIpc) is 2.57. The molecule has 86 valence electrons. The minimum absolute atomic E-state index is 0.108. The van der Waals surface area contributed by atoms with Crippen LogP contribution in [0.4, 0.5) is 18.9 Å². The van der Waals surface area contributed by atoms with Crippen LogP contribution in [0.15, 0.2) is 18.2 Å². The highest BCUT2D eigenvalue weighted by Gasteiger charge is 2.44. The highest BCUT2D eigenvalue weighted by Crippen LogP contribution is 2.32. The highest BCUT2D eigenvalue weighted by molar-refractivity contribution is 5.99. The molecule has 0 aliphatic carbocycles. The van der Waals surface area contributed by atoms with Crippen molar-refractivity contribution in [2.75, 3.05) is 11.4 Å². The van der Waals surface area contributed by atoms with E-state index >= 15 is 0 Å². The number of halogens is 3. The van der Waals surface area contributed by atoms with Crippen LogP contribution in [-0.2, 0) is 11.2 Å². The average molecular weight is 229 g/mol. The zero-order valence-electron chi connectivity index (χ0n) is 8.64. The van der Waals surface area contributed by atoms with Gasteiger partial charge < -0.3 is 4.90 Å². The third-order valence-electron chi connectivity index (χ3n) is 2.62. The summed E-state index contributed by atoms with van der Waals surface area (Å²) in [6.07, 6.45) is -4.31. The van der Waals surface area contributed by atoms with Gasteiger partial charge in [-0.05, 0) is 25.0 Å². The van der Waals surface area contributed by atoms with E-state index in [9.17, 15) is 18.0 Å². The summed E-state index contributed by atoms with van der Waals surface area (Å²) in [4.78, 5) is 11.9. The Hall–Kier alpha value is -1.52. The maximum Gasteiger partial charge on any atom is 0.471 e. The molecule has 5 heteroatoms. The second-order valence-electron chi connectivity index (χ2n) is 3.84. The summed E-state index contributed by atoms with van der Waals surface area (Å²) in [7, 11) is 0. The number of rotatable bonds is 0. The van der Waals surface area contributed by atoms with E-state index in [1.807, 2.05) is 13.0 Å². The second kappa shape index (κ2) is 3.50. The van der Waals surface area contributed by atoms with Crippen molar-refractivity contribution in [2.24, 2.45) is 0 Å². The molecular weight excluding hydrogens is 219 g/mol. The lowest BCUT2D eigenvalue weighted by Crippen LogP contribution is -2.40. The summed E-state index contributed by atoms with van der Waals surface area (Å²) in [5, 5.41) is 0. The van der Waals surface area contributed by atoms with Gasteiger partial charge in [0.05, 0.1) is 0 Å². The van der Waals surface area contributed by atoms with Crippen LogP contribution in [0.2, 0.25) is 0 Å². The first-order valence-electron chi connectivity index (χ1n) is 4.88. The molecular formula is C11H10F3NO. The Morgan fingerprint density at radius 3 is 2.69 bits per heavy atom. The van der Waals surface area contributed by atoms with E-state index in [-0.39, 0.29) is 6.54 Å². The van der Waals surface area contributed by atoms with Crippen molar-refractivity contribution in [3.8, 4) is 0 Å². The van der Waals surface area contributed by atoms with Gasteiger partial charge in [-0.3, -0.25) is 4.79 Å². The molecule has 1 aliphatic heterocycles. The molecule has 0 spiro atoms. The third kappa shape index (κ3) is 1.77. The Labute approximate surface area is 90.7 Å². The molecule has 0 N–H and O–H groups in total. The first kappa shape index (κ1) is 11.0. The number of carbonyl (C=O) groups excluding carboxylic acids is 1. The molecule has 0 fully saturated rings. The van der Waals surface area contributed by atoms with Crippen LogP contribution in [0.3, 0.4) is 0 Å². The van der Waals surface area contributed by atoms with Crippen LogP contribution in [0.1, 0.15) is 11.1 Å². The van der Waals surface area contributed by atoms with Crippen LogP contribution in [0.25, 0.3) is 0 Å². The lowest BCUT2D eigenvalue weighted by molar-refractivity contribution is -0.170. The lowest BCUT2D eigenvalue weighted by atomic mass is 10.1. The molecule has 0 unspecified atom stereocenters. The molecule has 1 heterocycles. The smallest absolute Gasteiger partial charge is 0.304 e. The topological polar surface area (TPSA) is 20.3 Å². The molecule has 0 saturated heterocycles. The molecule has 0 atom stereocenters. The molecule has 0 aromatic heterocycles. The lowest BCUT2D eigenvalue weighted by Gasteiger charge is -2.18. The molecule has 1 amide bonds. The Bertz CT molecular complexity index is 439. The van der Waals surface area contributed by atoms with Crippen molar-refractivity contribution in [3.05, 3.63) is 29.3 Å². The van der Waals surface area contributed by atoms with E-state index in [2.05, 4.69) is 0 Å². The summed E-state index contributed by atoms with van der Waals surface area (Å²) < 4.78 is 36.8. The number of nitrogens with zero attached hydrogens (tertiary/aromatic N) is 1. The predicted octanol–water partition coefficient (Wildman–Crippen LogP) is 2.45. The number of aryl methyl sites for hydroxylation is 1. The quantitative estimate of drug-likeness (QED) is 0.669. The number of alkyl halides is 3. The SMILES string of the molecule is Cc1ccc2c(c1)CCN2C(=O)C(F)(F)F. The number of amides is 1. The van der Waals surface area contributed by atoms with Crippen LogP contribution in [0, 0.1) is 6.92 Å². The van der Waals surface area contributed by atoms with E-state index < -0.39 is 12.1 Å². The van der Waals surface area contributed by atoms with Crippen LogP contribution >= 0.6 is 0 Å². The first-order valence-corrected chi connectivity index (χ1v) is 4.88. The number of anilines is 1. The number of hydrogen-bond acceptors (Lipinski definition) is 1. The maximum absolute atomic E-state index is 12.3. The van der Waals surface area contributed by atoms with Crippen molar-refractivity contribution >= 4 is 11.6 Å². The molecule has 1 aromatic carbocycles. The van der Waals surface area contributed by atoms with Gasteiger partial charge in [-0.25, -0.2) is 0 Å². The van der Waals surface area contributed by atoms with Crippen LogP contribution in [0.5, 0.6) is 0 Å². The fraction of sp³-hybridized carbons (Fsp3) is 0.364. The van der Waals surface area contributed by atoms with E-state index in [1.165, 1.54) is 0 Å². The molecule has 0 bridgehead atoms. The van der Waals surface area contributed by atoms with Gasteiger partial charge in [-0.1, -0.05) is 17.7 Å². The van der Waals surface area contributed by atoms with Crippen molar-refractivity contribution in [3.63, 3.8) is 0 Å². The Morgan fingerprint density at radius 1 is 1.38 bits per heavy atom. The monoisotopic (exact) mass is 229 g/mol. The summed E-state index contributed by atoms with van der Waals surface area (Å²) in [5.41, 5.74) is 2.17. The van der Waals surface area contributed by atoms with E-state index in [0.717, 1.165) is 16.0 Å². The minimum atomic E-state index is -4.80. The summed E-state index contributed by atoms with van der Waals surface area (Å²) in [6.45, 7) is 1.98. The van der Waals surface area contributed by atoms with Gasteiger partial charge in [0.1, 0.15) is 0 Å². The fourth-order valence-electron chi connectivity index (χ4n) is 1.89. The molecule has 0 saturated carbocycles. The molecule has 1 aliphatic rings. The Morgan fingerprint density at radius 2 is 2.06 bits per heavy atom. The van der Waals surface area contributed by atoms with E-state index in [1.54, 1.807) is 12.1 Å². The van der Waals surface area contributed by atoms with Gasteiger partial charge in [0.25, 0.3) is 0 Å². The van der Waals surface area contributed by atoms with Crippen LogP contribution < -0.4 is 4.90 Å². The van der Waals surface area contributed by atoms with Gasteiger partial charge in [0.2, 0.25) is 0 Å². The Balaban J connectivity index is 2.34. The zero-order chi connectivity index (χ0) is 11.9. The normalized spacial score (nSPS) is 15.1. The van der Waals surface area contributed by atoms with Gasteiger partial charge in [0.15, 0.2) is 0 Å². The second-order valence-corrected chi connectivity index (χ2v) is 3.84.